The topological polar surface area (TPSA) is 35.8 Å². The first kappa shape index (κ1) is 14.0. The molecule has 0 amide bonds. The van der Waals surface area contributed by atoms with Crippen molar-refractivity contribution in [2.45, 2.75) is 6.54 Å². The molecule has 0 saturated heterocycles. The zero-order valence-electron chi connectivity index (χ0n) is 9.75. The molecule has 5 heteroatoms. The number of anilines is 1. The summed E-state index contributed by atoms with van der Waals surface area (Å²) in [5, 5.41) is 11.9. The second-order valence-electron chi connectivity index (χ2n) is 3.90. The van der Waals surface area contributed by atoms with E-state index in [1.807, 2.05) is 0 Å². The Labute approximate surface area is 127 Å². The molecule has 0 bridgehead atoms. The van der Waals surface area contributed by atoms with Crippen LogP contribution in [0.5, 0.6) is 0 Å². The molecule has 0 unspecified atom stereocenters. The van der Waals surface area contributed by atoms with Crippen LogP contribution in [-0.2, 0) is 6.54 Å². The molecule has 2 rings (SSSR count). The Bertz CT molecular complexity index is 650. The van der Waals surface area contributed by atoms with E-state index in [0.717, 1.165) is 10.2 Å². The molecule has 96 valence electrons. The van der Waals surface area contributed by atoms with Crippen LogP contribution in [0.1, 0.15) is 11.1 Å². The van der Waals surface area contributed by atoms with E-state index in [-0.39, 0.29) is 5.82 Å². The molecule has 1 N–H and O–H groups in total. The second kappa shape index (κ2) is 6.18. The number of nitriles is 1. The van der Waals surface area contributed by atoms with Crippen LogP contribution in [0.25, 0.3) is 0 Å². The van der Waals surface area contributed by atoms with Gasteiger partial charge in [0.15, 0.2) is 0 Å². The summed E-state index contributed by atoms with van der Waals surface area (Å²) >= 11 is 6.60. The summed E-state index contributed by atoms with van der Waals surface area (Å²) in [4.78, 5) is 0. The minimum Gasteiger partial charge on any atom is -0.380 e. The van der Waals surface area contributed by atoms with E-state index in [1.54, 1.807) is 30.3 Å². The molecule has 0 radical (unpaired) electrons. The van der Waals surface area contributed by atoms with Crippen molar-refractivity contribution in [1.29, 1.82) is 5.26 Å². The smallest absolute Gasteiger partial charge is 0.129 e. The van der Waals surface area contributed by atoms with E-state index >= 15 is 0 Å². The van der Waals surface area contributed by atoms with Gasteiger partial charge in [-0.3, -0.25) is 0 Å². The Morgan fingerprint density at radius 3 is 2.58 bits per heavy atom. The highest BCUT2D eigenvalue weighted by Crippen LogP contribution is 2.24. The molecule has 2 aromatic rings. The molecule has 0 atom stereocenters. The van der Waals surface area contributed by atoms with E-state index in [4.69, 9.17) is 5.26 Å². The van der Waals surface area contributed by atoms with Gasteiger partial charge in [-0.2, -0.15) is 5.26 Å². The molecule has 0 aliphatic carbocycles. The maximum atomic E-state index is 13.6. The minimum absolute atomic E-state index is 0.258. The van der Waals surface area contributed by atoms with Crippen molar-refractivity contribution in [2.24, 2.45) is 0 Å². The number of rotatable bonds is 3. The van der Waals surface area contributed by atoms with Gasteiger partial charge in [0.2, 0.25) is 0 Å². The van der Waals surface area contributed by atoms with Crippen molar-refractivity contribution < 1.29 is 4.39 Å². The third kappa shape index (κ3) is 3.55. The average molecular weight is 384 g/mol. The molecule has 2 nitrogen and oxygen atoms in total. The highest BCUT2D eigenvalue weighted by atomic mass is 79.9. The fourth-order valence-electron chi connectivity index (χ4n) is 1.58. The summed E-state index contributed by atoms with van der Waals surface area (Å²) < 4.78 is 15.1. The fraction of sp³-hybridized carbons (Fsp3) is 0.0714. The van der Waals surface area contributed by atoms with Crippen molar-refractivity contribution in [3.05, 3.63) is 62.3 Å². The summed E-state index contributed by atoms with van der Waals surface area (Å²) in [6.45, 7) is 0.379. The minimum atomic E-state index is -0.258. The van der Waals surface area contributed by atoms with Crippen molar-refractivity contribution in [1.82, 2.24) is 0 Å². The lowest BCUT2D eigenvalue weighted by Crippen LogP contribution is -2.02. The van der Waals surface area contributed by atoms with Crippen molar-refractivity contribution in [2.75, 3.05) is 5.32 Å². The maximum absolute atomic E-state index is 13.6. The number of halogens is 3. The van der Waals surface area contributed by atoms with E-state index in [1.165, 1.54) is 6.07 Å². The van der Waals surface area contributed by atoms with Crippen LogP contribution < -0.4 is 5.32 Å². The Morgan fingerprint density at radius 2 is 1.95 bits per heavy atom. The molecule has 0 saturated carbocycles. The number of nitrogens with zero attached hydrogens (tertiary/aromatic N) is 1. The highest BCUT2D eigenvalue weighted by Gasteiger charge is 2.05. The molecule has 0 heterocycles. The first-order chi connectivity index (χ1) is 9.10. The van der Waals surface area contributed by atoms with Crippen LogP contribution in [-0.4, -0.2) is 0 Å². The van der Waals surface area contributed by atoms with Gasteiger partial charge in [0.25, 0.3) is 0 Å². The Balaban J connectivity index is 2.13. The summed E-state index contributed by atoms with van der Waals surface area (Å²) in [6, 6.07) is 12.2. The van der Waals surface area contributed by atoms with Gasteiger partial charge in [0, 0.05) is 26.7 Å². The molecule has 0 aliphatic rings. The third-order valence-corrected chi connectivity index (χ3v) is 3.73. The molecule has 19 heavy (non-hydrogen) atoms. The number of nitrogens with one attached hydrogen (secondary N) is 1. The van der Waals surface area contributed by atoms with Crippen LogP contribution in [0.2, 0.25) is 0 Å². The van der Waals surface area contributed by atoms with Gasteiger partial charge in [-0.05, 0) is 46.3 Å². The highest BCUT2D eigenvalue weighted by molar-refractivity contribution is 9.10. The number of benzene rings is 2. The lowest BCUT2D eigenvalue weighted by Gasteiger charge is -2.09. The SMILES string of the molecule is N#Cc1ccc(NCc2ccc(Br)cc2F)c(Br)c1. The number of hydrogen-bond donors (Lipinski definition) is 1. The van der Waals surface area contributed by atoms with Gasteiger partial charge >= 0.3 is 0 Å². The molecule has 0 aromatic heterocycles. The van der Waals surface area contributed by atoms with Crippen molar-refractivity contribution in [3.63, 3.8) is 0 Å². The first-order valence-electron chi connectivity index (χ1n) is 5.47. The van der Waals surface area contributed by atoms with Gasteiger partial charge in [-0.15, -0.1) is 0 Å². The summed E-state index contributed by atoms with van der Waals surface area (Å²) in [5.41, 5.74) is 1.98. The average Bonchev–Trinajstić information content (AvgIpc) is 2.39. The van der Waals surface area contributed by atoms with Crippen LogP contribution in [0.3, 0.4) is 0 Å². The van der Waals surface area contributed by atoms with Gasteiger partial charge < -0.3 is 5.32 Å². The predicted octanol–water partition coefficient (Wildman–Crippen LogP) is 4.83. The van der Waals surface area contributed by atoms with E-state index < -0.39 is 0 Å². The standard InChI is InChI=1S/C14H9Br2FN2/c15-11-3-2-10(13(17)6-11)8-19-14-4-1-9(7-18)5-12(14)16/h1-6,19H,8H2. The van der Waals surface area contributed by atoms with Crippen LogP contribution in [0.15, 0.2) is 45.3 Å². The normalized spacial score (nSPS) is 10.0. The first-order valence-corrected chi connectivity index (χ1v) is 7.06. The Morgan fingerprint density at radius 1 is 1.16 bits per heavy atom. The van der Waals surface area contributed by atoms with Gasteiger partial charge in [-0.1, -0.05) is 22.0 Å². The van der Waals surface area contributed by atoms with E-state index in [9.17, 15) is 4.39 Å². The molecular formula is C14H9Br2FN2. The second-order valence-corrected chi connectivity index (χ2v) is 5.67. The van der Waals surface area contributed by atoms with Crippen LogP contribution in [0, 0.1) is 17.1 Å². The van der Waals surface area contributed by atoms with Crippen molar-refractivity contribution in [3.8, 4) is 6.07 Å². The van der Waals surface area contributed by atoms with E-state index in [0.29, 0.717) is 22.1 Å². The molecule has 0 aliphatic heterocycles. The Hall–Kier alpha value is -1.38. The Kier molecular flexibility index (Phi) is 4.56. The monoisotopic (exact) mass is 382 g/mol. The molecule has 2 aromatic carbocycles. The van der Waals surface area contributed by atoms with Crippen LogP contribution >= 0.6 is 31.9 Å². The zero-order valence-corrected chi connectivity index (χ0v) is 12.9. The summed E-state index contributed by atoms with van der Waals surface area (Å²) in [6.07, 6.45) is 0. The summed E-state index contributed by atoms with van der Waals surface area (Å²) in [5.74, 6) is -0.258. The molecular weight excluding hydrogens is 375 g/mol. The predicted molar refractivity (Wildman–Crippen MR) is 80.3 cm³/mol. The fourth-order valence-corrected chi connectivity index (χ4v) is 2.44. The number of hydrogen-bond acceptors (Lipinski definition) is 2. The molecule has 0 spiro atoms. The largest absolute Gasteiger partial charge is 0.380 e. The third-order valence-electron chi connectivity index (χ3n) is 2.58. The van der Waals surface area contributed by atoms with Crippen molar-refractivity contribution >= 4 is 37.5 Å². The zero-order chi connectivity index (χ0) is 13.8. The maximum Gasteiger partial charge on any atom is 0.129 e. The lowest BCUT2D eigenvalue weighted by molar-refractivity contribution is 0.612. The van der Waals surface area contributed by atoms with Gasteiger partial charge in [0.05, 0.1) is 11.6 Å². The van der Waals surface area contributed by atoms with Gasteiger partial charge in [-0.25, -0.2) is 4.39 Å². The lowest BCUT2D eigenvalue weighted by atomic mass is 10.2. The van der Waals surface area contributed by atoms with Gasteiger partial charge in [0.1, 0.15) is 5.82 Å². The van der Waals surface area contributed by atoms with E-state index in [2.05, 4.69) is 43.2 Å². The quantitative estimate of drug-likeness (QED) is 0.823. The van der Waals surface area contributed by atoms with Crippen LogP contribution in [0.4, 0.5) is 10.1 Å². The molecule has 0 fully saturated rings. The summed E-state index contributed by atoms with van der Waals surface area (Å²) in [7, 11) is 0.